The molecule has 0 radical (unpaired) electrons. The first-order chi connectivity index (χ1) is 12.9. The van der Waals surface area contributed by atoms with Crippen molar-refractivity contribution < 1.29 is 19.4 Å². The first kappa shape index (κ1) is 19.1. The molecule has 1 aliphatic rings. The number of carbonyl (C=O) groups is 2. The van der Waals surface area contributed by atoms with Gasteiger partial charge >= 0.3 is 5.97 Å². The standard InChI is InChI=1S/C20H25N3O4/c1-14-11-15(2)23(22-14)13-16-3-5-17(6-4-16)19(26)21-20(12-18(24)25)7-9-27-10-8-20/h3-6,11H,7-10,12-13H2,1-2H3,(H,21,26)(H,24,25). The molecule has 2 heterocycles. The Balaban J connectivity index is 1.69. The summed E-state index contributed by atoms with van der Waals surface area (Å²) in [6.07, 6.45) is 0.903. The van der Waals surface area contributed by atoms with Gasteiger partial charge in [0.15, 0.2) is 0 Å². The second-order valence-corrected chi connectivity index (χ2v) is 7.20. The van der Waals surface area contributed by atoms with Gasteiger partial charge in [0.1, 0.15) is 0 Å². The summed E-state index contributed by atoms with van der Waals surface area (Å²) in [6.45, 7) is 5.52. The lowest BCUT2D eigenvalue weighted by atomic mass is 9.86. The third-order valence-electron chi connectivity index (χ3n) is 4.97. The summed E-state index contributed by atoms with van der Waals surface area (Å²) in [4.78, 5) is 23.9. The van der Waals surface area contributed by atoms with Gasteiger partial charge in [-0.15, -0.1) is 0 Å². The zero-order chi connectivity index (χ0) is 19.4. The molecule has 3 rings (SSSR count). The lowest BCUT2D eigenvalue weighted by Crippen LogP contribution is -2.53. The highest BCUT2D eigenvalue weighted by Gasteiger charge is 2.36. The van der Waals surface area contributed by atoms with Gasteiger partial charge in [-0.05, 0) is 50.5 Å². The molecule has 2 aromatic rings. The van der Waals surface area contributed by atoms with E-state index < -0.39 is 11.5 Å². The number of carboxylic acid groups (broad SMARTS) is 1. The van der Waals surface area contributed by atoms with Crippen molar-refractivity contribution in [2.24, 2.45) is 0 Å². The fourth-order valence-electron chi connectivity index (χ4n) is 3.48. The normalized spacial score (nSPS) is 16.1. The third-order valence-corrected chi connectivity index (χ3v) is 4.97. The minimum absolute atomic E-state index is 0.0991. The molecular weight excluding hydrogens is 346 g/mol. The Morgan fingerprint density at radius 1 is 1.22 bits per heavy atom. The first-order valence-corrected chi connectivity index (χ1v) is 9.09. The van der Waals surface area contributed by atoms with Crippen molar-refractivity contribution in [3.05, 3.63) is 52.8 Å². The van der Waals surface area contributed by atoms with Crippen LogP contribution >= 0.6 is 0 Å². The molecule has 1 fully saturated rings. The molecule has 144 valence electrons. The van der Waals surface area contributed by atoms with Crippen molar-refractivity contribution in [3.8, 4) is 0 Å². The fourth-order valence-corrected chi connectivity index (χ4v) is 3.48. The lowest BCUT2D eigenvalue weighted by Gasteiger charge is -2.36. The molecule has 1 amide bonds. The Labute approximate surface area is 158 Å². The van der Waals surface area contributed by atoms with Crippen molar-refractivity contribution >= 4 is 11.9 Å². The predicted molar refractivity (Wildman–Crippen MR) is 99.7 cm³/mol. The minimum Gasteiger partial charge on any atom is -0.481 e. The van der Waals surface area contributed by atoms with Gasteiger partial charge < -0.3 is 15.2 Å². The number of nitrogens with one attached hydrogen (secondary N) is 1. The van der Waals surface area contributed by atoms with Crippen molar-refractivity contribution in [1.29, 1.82) is 0 Å². The van der Waals surface area contributed by atoms with Crippen molar-refractivity contribution in [1.82, 2.24) is 15.1 Å². The number of hydrogen-bond acceptors (Lipinski definition) is 4. The van der Waals surface area contributed by atoms with Crippen LogP contribution in [-0.2, 0) is 16.1 Å². The minimum atomic E-state index is -0.919. The number of benzene rings is 1. The summed E-state index contributed by atoms with van der Waals surface area (Å²) < 4.78 is 7.25. The summed E-state index contributed by atoms with van der Waals surface area (Å²) in [6, 6.07) is 9.37. The molecule has 0 bridgehead atoms. The van der Waals surface area contributed by atoms with Crippen LogP contribution < -0.4 is 5.32 Å². The third kappa shape index (κ3) is 4.74. The molecule has 1 aromatic heterocycles. The van der Waals surface area contributed by atoms with Gasteiger partial charge in [-0.2, -0.15) is 5.10 Å². The number of carboxylic acids is 1. The Bertz CT molecular complexity index is 820. The van der Waals surface area contributed by atoms with Gasteiger partial charge in [0.25, 0.3) is 5.91 Å². The van der Waals surface area contributed by atoms with Crippen LogP contribution in [0.3, 0.4) is 0 Å². The summed E-state index contributed by atoms with van der Waals surface area (Å²) in [5.74, 6) is -1.17. The van der Waals surface area contributed by atoms with Crippen LogP contribution in [0.4, 0.5) is 0 Å². The number of aryl methyl sites for hydroxylation is 2. The van der Waals surface area contributed by atoms with Gasteiger partial charge in [0, 0.05) is 24.5 Å². The van der Waals surface area contributed by atoms with Crippen LogP contribution in [0.1, 0.15) is 46.6 Å². The van der Waals surface area contributed by atoms with E-state index in [9.17, 15) is 14.7 Å². The van der Waals surface area contributed by atoms with E-state index in [4.69, 9.17) is 4.74 Å². The number of carbonyl (C=O) groups excluding carboxylic acids is 1. The molecule has 0 atom stereocenters. The molecule has 0 unspecified atom stereocenters. The Morgan fingerprint density at radius 3 is 2.44 bits per heavy atom. The van der Waals surface area contributed by atoms with Gasteiger partial charge in [0.2, 0.25) is 0 Å². The molecule has 0 aliphatic carbocycles. The van der Waals surface area contributed by atoms with Crippen molar-refractivity contribution in [3.63, 3.8) is 0 Å². The zero-order valence-corrected chi connectivity index (χ0v) is 15.7. The molecule has 7 nitrogen and oxygen atoms in total. The van der Waals surface area contributed by atoms with E-state index in [1.54, 1.807) is 12.1 Å². The molecule has 2 N–H and O–H groups in total. The highest BCUT2D eigenvalue weighted by Crippen LogP contribution is 2.25. The average Bonchev–Trinajstić information content (AvgIpc) is 2.92. The average molecular weight is 371 g/mol. The first-order valence-electron chi connectivity index (χ1n) is 9.09. The smallest absolute Gasteiger partial charge is 0.305 e. The summed E-state index contributed by atoms with van der Waals surface area (Å²) in [5.41, 5.74) is 2.88. The lowest BCUT2D eigenvalue weighted by molar-refractivity contribution is -0.139. The van der Waals surface area contributed by atoms with Crippen LogP contribution in [-0.4, -0.2) is 45.5 Å². The molecule has 1 aromatic carbocycles. The van der Waals surface area contributed by atoms with Crippen LogP contribution in [0.25, 0.3) is 0 Å². The van der Waals surface area contributed by atoms with E-state index in [0.29, 0.717) is 38.2 Å². The number of rotatable bonds is 6. The molecule has 7 heteroatoms. The highest BCUT2D eigenvalue weighted by molar-refractivity contribution is 5.95. The van der Waals surface area contributed by atoms with Gasteiger partial charge in [-0.3, -0.25) is 14.3 Å². The maximum absolute atomic E-state index is 12.7. The Hall–Kier alpha value is -2.67. The largest absolute Gasteiger partial charge is 0.481 e. The molecule has 1 saturated heterocycles. The Morgan fingerprint density at radius 2 is 1.89 bits per heavy atom. The monoisotopic (exact) mass is 371 g/mol. The van der Waals surface area contributed by atoms with Gasteiger partial charge in [0.05, 0.1) is 24.2 Å². The van der Waals surface area contributed by atoms with Crippen molar-refractivity contribution in [2.45, 2.75) is 45.2 Å². The number of ether oxygens (including phenoxy) is 1. The van der Waals surface area contributed by atoms with Crippen molar-refractivity contribution in [2.75, 3.05) is 13.2 Å². The molecule has 0 saturated carbocycles. The molecule has 27 heavy (non-hydrogen) atoms. The van der Waals surface area contributed by atoms with E-state index in [2.05, 4.69) is 10.4 Å². The van der Waals surface area contributed by atoms with Gasteiger partial charge in [-0.1, -0.05) is 12.1 Å². The fraction of sp³-hybridized carbons (Fsp3) is 0.450. The van der Waals surface area contributed by atoms with Crippen LogP contribution in [0.15, 0.2) is 30.3 Å². The molecule has 1 aliphatic heterocycles. The van der Waals surface area contributed by atoms with Crippen LogP contribution in [0.2, 0.25) is 0 Å². The predicted octanol–water partition coefficient (Wildman–Crippen LogP) is 2.30. The maximum atomic E-state index is 12.7. The van der Waals surface area contributed by atoms with E-state index in [-0.39, 0.29) is 12.3 Å². The Kier molecular flexibility index (Phi) is 5.60. The number of aliphatic carboxylic acids is 1. The second-order valence-electron chi connectivity index (χ2n) is 7.20. The summed E-state index contributed by atoms with van der Waals surface area (Å²) in [7, 11) is 0. The van der Waals surface area contributed by atoms with E-state index in [1.807, 2.05) is 36.7 Å². The van der Waals surface area contributed by atoms with Gasteiger partial charge in [-0.25, -0.2) is 0 Å². The zero-order valence-electron chi connectivity index (χ0n) is 15.7. The number of nitrogens with zero attached hydrogens (tertiary/aromatic N) is 2. The number of amides is 1. The number of aromatic nitrogens is 2. The maximum Gasteiger partial charge on any atom is 0.305 e. The summed E-state index contributed by atoms with van der Waals surface area (Å²) in [5, 5.41) is 16.6. The topological polar surface area (TPSA) is 93.5 Å². The van der Waals surface area contributed by atoms with Crippen LogP contribution in [0, 0.1) is 13.8 Å². The van der Waals surface area contributed by atoms with E-state index >= 15 is 0 Å². The SMILES string of the molecule is Cc1cc(C)n(Cc2ccc(C(=O)NC3(CC(=O)O)CCOCC3)cc2)n1. The molecular formula is C20H25N3O4. The second kappa shape index (κ2) is 7.92. The molecule has 0 spiro atoms. The number of hydrogen-bond donors (Lipinski definition) is 2. The van der Waals surface area contributed by atoms with E-state index in [1.165, 1.54) is 0 Å². The quantitative estimate of drug-likeness (QED) is 0.813. The highest BCUT2D eigenvalue weighted by atomic mass is 16.5. The van der Waals surface area contributed by atoms with E-state index in [0.717, 1.165) is 17.0 Å². The van der Waals surface area contributed by atoms with Crippen LogP contribution in [0.5, 0.6) is 0 Å². The summed E-state index contributed by atoms with van der Waals surface area (Å²) >= 11 is 0.